The van der Waals surface area contributed by atoms with Gasteiger partial charge in [0.15, 0.2) is 0 Å². The minimum absolute atomic E-state index is 0.208. The van der Waals surface area contributed by atoms with Crippen molar-refractivity contribution in [3.05, 3.63) is 64.9 Å². The number of aliphatic hydroxyl groups excluding tert-OH is 1. The Morgan fingerprint density at radius 3 is 2.28 bits per heavy atom. The Morgan fingerprint density at radius 1 is 1.04 bits per heavy atom. The first kappa shape index (κ1) is 19.7. The molecular weight excluding hydrogens is 341 g/mol. The molecule has 2 aromatic rings. The standard InChI is InChI=1S/C20H25ClFNO2/c1-15(2)11-23(12-16-3-7-18(22)8-4-16)13-19(24)14-25-20-9-5-17(21)6-10-20/h3-10,15,19,24H,11-14H2,1-2H3. The maximum Gasteiger partial charge on any atom is 0.123 e. The first-order valence-electron chi connectivity index (χ1n) is 8.45. The van der Waals surface area contributed by atoms with Gasteiger partial charge in [0, 0.05) is 24.7 Å². The third kappa shape index (κ3) is 7.43. The van der Waals surface area contributed by atoms with Crippen LogP contribution < -0.4 is 4.74 Å². The first-order chi connectivity index (χ1) is 11.9. The molecule has 0 saturated carbocycles. The molecule has 2 aromatic carbocycles. The van der Waals surface area contributed by atoms with Gasteiger partial charge in [-0.2, -0.15) is 0 Å². The molecular formula is C20H25ClFNO2. The fourth-order valence-corrected chi connectivity index (χ4v) is 2.77. The number of benzene rings is 2. The van der Waals surface area contributed by atoms with Crippen molar-refractivity contribution in [1.82, 2.24) is 4.90 Å². The number of ether oxygens (including phenoxy) is 1. The molecule has 25 heavy (non-hydrogen) atoms. The minimum Gasteiger partial charge on any atom is -0.491 e. The fraction of sp³-hybridized carbons (Fsp3) is 0.400. The number of hydrogen-bond acceptors (Lipinski definition) is 3. The van der Waals surface area contributed by atoms with E-state index in [1.807, 2.05) is 0 Å². The van der Waals surface area contributed by atoms with Crippen molar-refractivity contribution in [3.63, 3.8) is 0 Å². The number of rotatable bonds is 9. The van der Waals surface area contributed by atoms with Gasteiger partial charge < -0.3 is 9.84 Å². The number of halogens is 2. The van der Waals surface area contributed by atoms with Crippen molar-refractivity contribution in [2.24, 2.45) is 5.92 Å². The van der Waals surface area contributed by atoms with E-state index in [0.29, 0.717) is 29.8 Å². The van der Waals surface area contributed by atoms with Gasteiger partial charge in [0.25, 0.3) is 0 Å². The monoisotopic (exact) mass is 365 g/mol. The molecule has 136 valence electrons. The molecule has 0 amide bonds. The predicted molar refractivity (Wildman–Crippen MR) is 99.5 cm³/mol. The summed E-state index contributed by atoms with van der Waals surface area (Å²) in [6.45, 7) is 6.47. The molecule has 0 aliphatic carbocycles. The molecule has 0 aliphatic heterocycles. The fourth-order valence-electron chi connectivity index (χ4n) is 2.64. The minimum atomic E-state index is -0.616. The van der Waals surface area contributed by atoms with Gasteiger partial charge in [-0.3, -0.25) is 4.90 Å². The van der Waals surface area contributed by atoms with Gasteiger partial charge in [0.2, 0.25) is 0 Å². The smallest absolute Gasteiger partial charge is 0.123 e. The second kappa shape index (κ2) is 9.76. The molecule has 1 unspecified atom stereocenters. The second-order valence-corrected chi connectivity index (χ2v) is 7.07. The lowest BCUT2D eigenvalue weighted by Gasteiger charge is -2.27. The van der Waals surface area contributed by atoms with Crippen molar-refractivity contribution in [3.8, 4) is 5.75 Å². The summed E-state index contributed by atoms with van der Waals surface area (Å²) in [4.78, 5) is 2.16. The van der Waals surface area contributed by atoms with Crippen LogP contribution in [-0.2, 0) is 6.54 Å². The average molecular weight is 366 g/mol. The lowest BCUT2D eigenvalue weighted by atomic mass is 10.1. The van der Waals surface area contributed by atoms with Crippen LogP contribution in [0.25, 0.3) is 0 Å². The molecule has 3 nitrogen and oxygen atoms in total. The first-order valence-corrected chi connectivity index (χ1v) is 8.83. The Hall–Kier alpha value is -1.62. The molecule has 1 N–H and O–H groups in total. The van der Waals surface area contributed by atoms with Crippen molar-refractivity contribution in [2.45, 2.75) is 26.5 Å². The van der Waals surface area contributed by atoms with Crippen LogP contribution in [-0.4, -0.2) is 35.8 Å². The molecule has 0 heterocycles. The maximum absolute atomic E-state index is 13.1. The highest BCUT2D eigenvalue weighted by atomic mass is 35.5. The normalized spacial score (nSPS) is 12.6. The number of nitrogens with zero attached hydrogens (tertiary/aromatic N) is 1. The Kier molecular flexibility index (Phi) is 7.69. The van der Waals surface area contributed by atoms with E-state index in [4.69, 9.17) is 16.3 Å². The summed E-state index contributed by atoms with van der Waals surface area (Å²) in [6.07, 6.45) is -0.616. The van der Waals surface area contributed by atoms with Crippen molar-refractivity contribution in [2.75, 3.05) is 19.7 Å². The number of aliphatic hydroxyl groups is 1. The molecule has 0 radical (unpaired) electrons. The van der Waals surface area contributed by atoms with Gasteiger partial charge >= 0.3 is 0 Å². The van der Waals surface area contributed by atoms with Crippen LogP contribution >= 0.6 is 11.6 Å². The lowest BCUT2D eigenvalue weighted by molar-refractivity contribution is 0.0615. The molecule has 2 rings (SSSR count). The topological polar surface area (TPSA) is 32.7 Å². The van der Waals surface area contributed by atoms with Crippen molar-refractivity contribution < 1.29 is 14.2 Å². The lowest BCUT2D eigenvalue weighted by Crippen LogP contribution is -2.37. The van der Waals surface area contributed by atoms with Crippen LogP contribution in [0.4, 0.5) is 4.39 Å². The zero-order valence-corrected chi connectivity index (χ0v) is 15.4. The summed E-state index contributed by atoms with van der Waals surface area (Å²) in [5.41, 5.74) is 1.02. The second-order valence-electron chi connectivity index (χ2n) is 6.63. The molecule has 0 spiro atoms. The molecule has 0 bridgehead atoms. The zero-order chi connectivity index (χ0) is 18.2. The van der Waals surface area contributed by atoms with Crippen LogP contribution in [0.3, 0.4) is 0 Å². The summed E-state index contributed by atoms with van der Waals surface area (Å²) in [6, 6.07) is 13.5. The molecule has 0 aromatic heterocycles. The molecule has 0 aliphatic rings. The summed E-state index contributed by atoms with van der Waals surface area (Å²) < 4.78 is 18.7. The van der Waals surface area contributed by atoms with Crippen molar-refractivity contribution >= 4 is 11.6 Å². The van der Waals surface area contributed by atoms with Gasteiger partial charge in [-0.05, 0) is 47.9 Å². The quantitative estimate of drug-likeness (QED) is 0.716. The van der Waals surface area contributed by atoms with Crippen LogP contribution in [0.15, 0.2) is 48.5 Å². The van der Waals surface area contributed by atoms with Crippen LogP contribution in [0.2, 0.25) is 5.02 Å². The van der Waals surface area contributed by atoms with Gasteiger partial charge in [-0.15, -0.1) is 0 Å². The molecule has 1 atom stereocenters. The predicted octanol–water partition coefficient (Wildman–Crippen LogP) is 4.38. The van der Waals surface area contributed by atoms with E-state index in [0.717, 1.165) is 12.1 Å². The molecule has 0 saturated heterocycles. The third-order valence-corrected chi connectivity index (χ3v) is 3.92. The van der Waals surface area contributed by atoms with Crippen LogP contribution in [0, 0.1) is 11.7 Å². The van der Waals surface area contributed by atoms with E-state index >= 15 is 0 Å². The van der Waals surface area contributed by atoms with Gasteiger partial charge in [0.1, 0.15) is 24.3 Å². The molecule has 0 fully saturated rings. The average Bonchev–Trinajstić information content (AvgIpc) is 2.56. The van der Waals surface area contributed by atoms with E-state index in [1.165, 1.54) is 12.1 Å². The highest BCUT2D eigenvalue weighted by Gasteiger charge is 2.14. The summed E-state index contributed by atoms with van der Waals surface area (Å²) in [7, 11) is 0. The van der Waals surface area contributed by atoms with Crippen molar-refractivity contribution in [1.29, 1.82) is 0 Å². The van der Waals surface area contributed by atoms with E-state index in [-0.39, 0.29) is 12.4 Å². The number of hydrogen-bond donors (Lipinski definition) is 1. The largest absolute Gasteiger partial charge is 0.491 e. The Balaban J connectivity index is 1.88. The highest BCUT2D eigenvalue weighted by Crippen LogP contribution is 2.16. The van der Waals surface area contributed by atoms with Gasteiger partial charge in [-0.1, -0.05) is 37.6 Å². The van der Waals surface area contributed by atoms with E-state index in [2.05, 4.69) is 18.7 Å². The van der Waals surface area contributed by atoms with Crippen LogP contribution in [0.5, 0.6) is 5.75 Å². The van der Waals surface area contributed by atoms with E-state index in [1.54, 1.807) is 36.4 Å². The summed E-state index contributed by atoms with van der Waals surface area (Å²) >= 11 is 5.84. The maximum atomic E-state index is 13.1. The van der Waals surface area contributed by atoms with E-state index in [9.17, 15) is 9.50 Å². The highest BCUT2D eigenvalue weighted by molar-refractivity contribution is 6.30. The van der Waals surface area contributed by atoms with Crippen LogP contribution in [0.1, 0.15) is 19.4 Å². The summed E-state index contributed by atoms with van der Waals surface area (Å²) in [5, 5.41) is 11.0. The molecule has 5 heteroatoms. The van der Waals surface area contributed by atoms with E-state index < -0.39 is 6.10 Å². The summed E-state index contributed by atoms with van der Waals surface area (Å²) in [5.74, 6) is 0.901. The SMILES string of the molecule is CC(C)CN(Cc1ccc(F)cc1)CC(O)COc1ccc(Cl)cc1. The Labute approximate surface area is 154 Å². The van der Waals surface area contributed by atoms with Gasteiger partial charge in [-0.25, -0.2) is 4.39 Å². The third-order valence-electron chi connectivity index (χ3n) is 3.67. The Morgan fingerprint density at radius 2 is 1.68 bits per heavy atom. The Bertz CT molecular complexity index is 631. The van der Waals surface area contributed by atoms with Gasteiger partial charge in [0.05, 0.1) is 0 Å². The zero-order valence-electron chi connectivity index (χ0n) is 14.7.